The molecule has 0 spiro atoms. The van der Waals surface area contributed by atoms with Crippen molar-refractivity contribution in [1.82, 2.24) is 10.3 Å². The molecular weight excluding hydrogens is 184 g/mol. The van der Waals surface area contributed by atoms with Crippen LogP contribution in [0.1, 0.15) is 31.2 Å². The summed E-state index contributed by atoms with van der Waals surface area (Å²) in [5.74, 6) is 1.99. The lowest BCUT2D eigenvalue weighted by molar-refractivity contribution is 0.350. The highest BCUT2D eigenvalue weighted by Crippen LogP contribution is 2.44. The molecule has 2 saturated carbocycles. The van der Waals surface area contributed by atoms with E-state index in [1.54, 1.807) is 0 Å². The molecule has 0 radical (unpaired) electrons. The summed E-state index contributed by atoms with van der Waals surface area (Å²) in [6, 6.07) is 4.94. The molecule has 2 aliphatic rings. The Morgan fingerprint density at radius 3 is 3.00 bits per heavy atom. The molecule has 2 aliphatic carbocycles. The van der Waals surface area contributed by atoms with Gasteiger partial charge in [-0.1, -0.05) is 12.5 Å². The van der Waals surface area contributed by atoms with Gasteiger partial charge in [0.25, 0.3) is 0 Å². The van der Waals surface area contributed by atoms with E-state index < -0.39 is 0 Å². The van der Waals surface area contributed by atoms with E-state index in [-0.39, 0.29) is 0 Å². The molecule has 1 N–H and O–H groups in total. The summed E-state index contributed by atoms with van der Waals surface area (Å²) in [5.41, 5.74) is 1.31. The van der Waals surface area contributed by atoms with Crippen molar-refractivity contribution >= 4 is 0 Å². The maximum atomic E-state index is 4.14. The first-order chi connectivity index (χ1) is 7.42. The van der Waals surface area contributed by atoms with Crippen molar-refractivity contribution in [3.05, 3.63) is 30.1 Å². The standard InChI is InChI=1S/C13H18N2/c1-2-11(8-14-5-1)9-15-13-7-10-3-4-12(13)6-10/h1-2,5,8,10,12-13,15H,3-4,6-7,9H2. The molecule has 80 valence electrons. The monoisotopic (exact) mass is 202 g/mol. The molecular formula is C13H18N2. The van der Waals surface area contributed by atoms with E-state index >= 15 is 0 Å². The summed E-state index contributed by atoms with van der Waals surface area (Å²) in [5, 5.41) is 3.69. The van der Waals surface area contributed by atoms with Gasteiger partial charge in [0.1, 0.15) is 0 Å². The van der Waals surface area contributed by atoms with Crippen molar-refractivity contribution in [2.45, 2.75) is 38.3 Å². The third-order valence-electron chi connectivity index (χ3n) is 4.03. The van der Waals surface area contributed by atoms with Gasteiger partial charge < -0.3 is 5.32 Å². The van der Waals surface area contributed by atoms with Crippen LogP contribution in [0.5, 0.6) is 0 Å². The highest BCUT2D eigenvalue weighted by Gasteiger charge is 2.38. The summed E-state index contributed by atoms with van der Waals surface area (Å²) in [7, 11) is 0. The van der Waals surface area contributed by atoms with Gasteiger partial charge in [0.2, 0.25) is 0 Å². The summed E-state index contributed by atoms with van der Waals surface area (Å²) < 4.78 is 0. The molecule has 2 nitrogen and oxygen atoms in total. The molecule has 0 saturated heterocycles. The summed E-state index contributed by atoms with van der Waals surface area (Å²) >= 11 is 0. The molecule has 0 aliphatic heterocycles. The number of hydrogen-bond donors (Lipinski definition) is 1. The highest BCUT2D eigenvalue weighted by atomic mass is 14.9. The quantitative estimate of drug-likeness (QED) is 0.814. The summed E-state index contributed by atoms with van der Waals surface area (Å²) in [4.78, 5) is 4.14. The van der Waals surface area contributed by atoms with Crippen molar-refractivity contribution in [2.75, 3.05) is 0 Å². The first-order valence-corrected chi connectivity index (χ1v) is 6.04. The number of nitrogens with one attached hydrogen (secondary N) is 1. The van der Waals surface area contributed by atoms with Crippen molar-refractivity contribution in [3.63, 3.8) is 0 Å². The molecule has 1 heterocycles. The van der Waals surface area contributed by atoms with E-state index in [0.717, 1.165) is 24.4 Å². The van der Waals surface area contributed by atoms with E-state index in [1.807, 2.05) is 18.5 Å². The number of nitrogens with zero attached hydrogens (tertiary/aromatic N) is 1. The zero-order chi connectivity index (χ0) is 10.1. The van der Waals surface area contributed by atoms with Gasteiger partial charge in [-0.05, 0) is 42.7 Å². The van der Waals surface area contributed by atoms with Crippen LogP contribution in [0, 0.1) is 11.8 Å². The van der Waals surface area contributed by atoms with Gasteiger partial charge in [0.05, 0.1) is 0 Å². The van der Waals surface area contributed by atoms with Crippen molar-refractivity contribution < 1.29 is 0 Å². The Hall–Kier alpha value is -0.890. The first-order valence-electron chi connectivity index (χ1n) is 6.04. The molecule has 0 amide bonds. The van der Waals surface area contributed by atoms with Crippen molar-refractivity contribution in [2.24, 2.45) is 11.8 Å². The second-order valence-corrected chi connectivity index (χ2v) is 5.02. The Morgan fingerprint density at radius 1 is 1.33 bits per heavy atom. The van der Waals surface area contributed by atoms with Gasteiger partial charge in [-0.2, -0.15) is 0 Å². The normalized spacial score (nSPS) is 33.5. The van der Waals surface area contributed by atoms with Crippen LogP contribution in [0.25, 0.3) is 0 Å². The van der Waals surface area contributed by atoms with Gasteiger partial charge in [0.15, 0.2) is 0 Å². The van der Waals surface area contributed by atoms with Crippen LogP contribution in [0.4, 0.5) is 0 Å². The predicted octanol–water partition coefficient (Wildman–Crippen LogP) is 2.36. The molecule has 1 aromatic rings. The SMILES string of the molecule is c1cncc(CNC2CC3CCC2C3)c1. The van der Waals surface area contributed by atoms with Crippen LogP contribution in [-0.4, -0.2) is 11.0 Å². The number of rotatable bonds is 3. The number of aromatic nitrogens is 1. The average molecular weight is 202 g/mol. The molecule has 3 atom stereocenters. The van der Waals surface area contributed by atoms with Gasteiger partial charge in [-0.15, -0.1) is 0 Å². The fraction of sp³-hybridized carbons (Fsp3) is 0.615. The predicted molar refractivity (Wildman–Crippen MR) is 60.3 cm³/mol. The Labute approximate surface area is 91.1 Å². The lowest BCUT2D eigenvalue weighted by Gasteiger charge is -2.22. The molecule has 3 unspecified atom stereocenters. The average Bonchev–Trinajstić information content (AvgIpc) is 2.89. The molecule has 0 aromatic carbocycles. The highest BCUT2D eigenvalue weighted by molar-refractivity contribution is 5.08. The fourth-order valence-corrected chi connectivity index (χ4v) is 3.25. The summed E-state index contributed by atoms with van der Waals surface area (Å²) in [6.07, 6.45) is 9.61. The molecule has 2 heteroatoms. The third-order valence-corrected chi connectivity index (χ3v) is 4.03. The van der Waals surface area contributed by atoms with Crippen LogP contribution in [-0.2, 0) is 6.54 Å². The van der Waals surface area contributed by atoms with Crippen molar-refractivity contribution in [3.8, 4) is 0 Å². The van der Waals surface area contributed by atoms with Gasteiger partial charge in [-0.25, -0.2) is 0 Å². The van der Waals surface area contributed by atoms with Crippen LogP contribution < -0.4 is 5.32 Å². The van der Waals surface area contributed by atoms with Gasteiger partial charge in [0, 0.05) is 25.0 Å². The minimum Gasteiger partial charge on any atom is -0.310 e. The lowest BCUT2D eigenvalue weighted by atomic mass is 9.95. The van der Waals surface area contributed by atoms with E-state index in [4.69, 9.17) is 0 Å². The number of pyridine rings is 1. The van der Waals surface area contributed by atoms with Gasteiger partial charge >= 0.3 is 0 Å². The fourth-order valence-electron chi connectivity index (χ4n) is 3.25. The van der Waals surface area contributed by atoms with Crippen molar-refractivity contribution in [1.29, 1.82) is 0 Å². The van der Waals surface area contributed by atoms with E-state index in [9.17, 15) is 0 Å². The van der Waals surface area contributed by atoms with E-state index in [1.165, 1.54) is 31.2 Å². The lowest BCUT2D eigenvalue weighted by Crippen LogP contribution is -2.33. The van der Waals surface area contributed by atoms with E-state index in [0.29, 0.717) is 0 Å². The van der Waals surface area contributed by atoms with Crippen LogP contribution >= 0.6 is 0 Å². The maximum absolute atomic E-state index is 4.14. The maximum Gasteiger partial charge on any atom is 0.0312 e. The second kappa shape index (κ2) is 3.93. The van der Waals surface area contributed by atoms with Crippen LogP contribution in [0.2, 0.25) is 0 Å². The zero-order valence-corrected chi connectivity index (χ0v) is 9.02. The van der Waals surface area contributed by atoms with Crippen LogP contribution in [0.3, 0.4) is 0 Å². The second-order valence-electron chi connectivity index (χ2n) is 5.02. The topological polar surface area (TPSA) is 24.9 Å². The Kier molecular flexibility index (Phi) is 2.45. The molecule has 15 heavy (non-hydrogen) atoms. The molecule has 2 bridgehead atoms. The smallest absolute Gasteiger partial charge is 0.0312 e. The molecule has 3 rings (SSSR count). The number of fused-ring (bicyclic) bond motifs is 2. The minimum absolute atomic E-state index is 0.781. The van der Waals surface area contributed by atoms with E-state index in [2.05, 4.69) is 16.4 Å². The first kappa shape index (κ1) is 9.34. The summed E-state index contributed by atoms with van der Waals surface area (Å²) in [6.45, 7) is 0.988. The zero-order valence-electron chi connectivity index (χ0n) is 9.02. The third kappa shape index (κ3) is 1.91. The minimum atomic E-state index is 0.781. The Morgan fingerprint density at radius 2 is 2.33 bits per heavy atom. The van der Waals surface area contributed by atoms with Gasteiger partial charge in [-0.3, -0.25) is 4.98 Å². The largest absolute Gasteiger partial charge is 0.310 e. The number of hydrogen-bond acceptors (Lipinski definition) is 2. The Balaban J connectivity index is 1.55. The molecule has 1 aromatic heterocycles. The molecule has 2 fully saturated rings. The van der Waals surface area contributed by atoms with Crippen LogP contribution in [0.15, 0.2) is 24.5 Å². The Bertz CT molecular complexity index is 323.